The molecule has 1 unspecified atom stereocenters. The first-order valence-corrected chi connectivity index (χ1v) is 6.01. The molecular weight excluding hydrogens is 176 g/mol. The van der Waals surface area contributed by atoms with Gasteiger partial charge in [-0.25, -0.2) is 0 Å². The van der Waals surface area contributed by atoms with E-state index in [0.29, 0.717) is 0 Å². The van der Waals surface area contributed by atoms with Crippen LogP contribution in [0, 0.1) is 5.92 Å². The lowest BCUT2D eigenvalue weighted by Crippen LogP contribution is -2.21. The summed E-state index contributed by atoms with van der Waals surface area (Å²) in [6.45, 7) is 10.0. The van der Waals surface area contributed by atoms with E-state index in [-0.39, 0.29) is 6.29 Å². The zero-order valence-electron chi connectivity index (χ0n) is 10.2. The molecule has 0 aromatic carbocycles. The molecule has 0 spiro atoms. The predicted octanol–water partition coefficient (Wildman–Crippen LogP) is 3.60. The minimum Gasteiger partial charge on any atom is -0.353 e. The third-order valence-electron chi connectivity index (χ3n) is 2.51. The molecule has 0 saturated carbocycles. The fraction of sp³-hybridized carbons (Fsp3) is 1.00. The fourth-order valence-electron chi connectivity index (χ4n) is 1.73. The quantitative estimate of drug-likeness (QED) is 0.532. The van der Waals surface area contributed by atoms with Gasteiger partial charge in [-0.1, -0.05) is 33.1 Å². The highest BCUT2D eigenvalue weighted by Crippen LogP contribution is 2.19. The van der Waals surface area contributed by atoms with Crippen LogP contribution in [0.25, 0.3) is 0 Å². The normalized spacial score (nSPS) is 13.5. The maximum atomic E-state index is 5.54. The van der Waals surface area contributed by atoms with Gasteiger partial charge in [0.1, 0.15) is 0 Å². The molecule has 0 aliphatic carbocycles. The molecule has 0 amide bonds. The van der Waals surface area contributed by atoms with Crippen LogP contribution < -0.4 is 0 Å². The number of rotatable bonds is 9. The lowest BCUT2D eigenvalue weighted by atomic mass is 9.97. The van der Waals surface area contributed by atoms with Gasteiger partial charge in [0.05, 0.1) is 0 Å². The molecule has 0 aromatic heterocycles. The van der Waals surface area contributed by atoms with Crippen LogP contribution in [0.15, 0.2) is 0 Å². The molecule has 0 rings (SSSR count). The van der Waals surface area contributed by atoms with Gasteiger partial charge >= 0.3 is 0 Å². The second-order valence-electron chi connectivity index (χ2n) is 3.64. The molecule has 0 aliphatic rings. The van der Waals surface area contributed by atoms with E-state index in [4.69, 9.17) is 9.47 Å². The maximum Gasteiger partial charge on any atom is 0.157 e. The Morgan fingerprint density at radius 2 is 1.50 bits per heavy atom. The van der Waals surface area contributed by atoms with Gasteiger partial charge in [-0.3, -0.25) is 0 Å². The average Bonchev–Trinajstić information content (AvgIpc) is 2.18. The number of hydrogen-bond acceptors (Lipinski definition) is 2. The third-order valence-corrected chi connectivity index (χ3v) is 2.51. The Hall–Kier alpha value is -0.0800. The second kappa shape index (κ2) is 9.47. The summed E-state index contributed by atoms with van der Waals surface area (Å²) in [5.41, 5.74) is 0. The molecule has 0 fully saturated rings. The summed E-state index contributed by atoms with van der Waals surface area (Å²) >= 11 is 0. The number of hydrogen-bond donors (Lipinski definition) is 0. The molecule has 0 aliphatic heterocycles. The van der Waals surface area contributed by atoms with Crippen LogP contribution in [0.2, 0.25) is 0 Å². The van der Waals surface area contributed by atoms with Crippen molar-refractivity contribution in [3.05, 3.63) is 0 Å². The zero-order chi connectivity index (χ0) is 10.8. The van der Waals surface area contributed by atoms with Gasteiger partial charge < -0.3 is 9.47 Å². The van der Waals surface area contributed by atoms with Gasteiger partial charge in [0.2, 0.25) is 0 Å². The van der Waals surface area contributed by atoms with E-state index in [1.807, 2.05) is 13.8 Å². The summed E-state index contributed by atoms with van der Waals surface area (Å²) in [6.07, 6.45) is 4.83. The predicted molar refractivity (Wildman–Crippen MR) is 60.3 cm³/mol. The van der Waals surface area contributed by atoms with E-state index in [1.165, 1.54) is 19.3 Å². The summed E-state index contributed by atoms with van der Waals surface area (Å²) in [5, 5.41) is 0. The van der Waals surface area contributed by atoms with Crippen molar-refractivity contribution >= 4 is 0 Å². The van der Waals surface area contributed by atoms with E-state index < -0.39 is 0 Å². The van der Waals surface area contributed by atoms with Crippen LogP contribution in [0.5, 0.6) is 0 Å². The van der Waals surface area contributed by atoms with Gasteiger partial charge in [-0.15, -0.1) is 0 Å². The molecule has 0 aromatic rings. The molecule has 0 bridgehead atoms. The van der Waals surface area contributed by atoms with E-state index >= 15 is 0 Å². The van der Waals surface area contributed by atoms with Gasteiger partial charge in [0, 0.05) is 19.6 Å². The Morgan fingerprint density at radius 3 is 1.86 bits per heavy atom. The summed E-state index contributed by atoms with van der Waals surface area (Å²) in [4.78, 5) is 0. The van der Waals surface area contributed by atoms with E-state index in [0.717, 1.165) is 25.6 Å². The van der Waals surface area contributed by atoms with E-state index in [2.05, 4.69) is 13.8 Å². The smallest absolute Gasteiger partial charge is 0.157 e. The highest BCUT2D eigenvalue weighted by Gasteiger charge is 2.14. The van der Waals surface area contributed by atoms with Gasteiger partial charge in [0.15, 0.2) is 6.29 Å². The fourth-order valence-corrected chi connectivity index (χ4v) is 1.73. The highest BCUT2D eigenvalue weighted by atomic mass is 16.7. The minimum absolute atomic E-state index is 0.0153. The van der Waals surface area contributed by atoms with Crippen molar-refractivity contribution in [3.8, 4) is 0 Å². The topological polar surface area (TPSA) is 18.5 Å². The second-order valence-corrected chi connectivity index (χ2v) is 3.64. The summed E-state index contributed by atoms with van der Waals surface area (Å²) in [6, 6.07) is 0. The first-order chi connectivity index (χ1) is 6.78. The molecule has 2 heteroatoms. The monoisotopic (exact) mass is 202 g/mol. The Morgan fingerprint density at radius 1 is 0.929 bits per heavy atom. The molecule has 86 valence electrons. The van der Waals surface area contributed by atoms with Crippen LogP contribution in [0.4, 0.5) is 0 Å². The molecule has 2 nitrogen and oxygen atoms in total. The zero-order valence-corrected chi connectivity index (χ0v) is 10.2. The van der Waals surface area contributed by atoms with Crippen LogP contribution in [0.3, 0.4) is 0 Å². The molecule has 14 heavy (non-hydrogen) atoms. The first kappa shape index (κ1) is 13.9. The molecular formula is C12H26O2. The third kappa shape index (κ3) is 6.39. The van der Waals surface area contributed by atoms with Gasteiger partial charge in [-0.05, 0) is 19.8 Å². The van der Waals surface area contributed by atoms with Gasteiger partial charge in [0.25, 0.3) is 0 Å². The summed E-state index contributed by atoms with van der Waals surface area (Å²) < 4.78 is 11.1. The van der Waals surface area contributed by atoms with Crippen molar-refractivity contribution in [2.75, 3.05) is 13.2 Å². The number of ether oxygens (including phenoxy) is 2. The van der Waals surface area contributed by atoms with E-state index in [9.17, 15) is 0 Å². The van der Waals surface area contributed by atoms with Crippen LogP contribution >= 0.6 is 0 Å². The van der Waals surface area contributed by atoms with Crippen LogP contribution in [-0.2, 0) is 9.47 Å². The van der Waals surface area contributed by atoms with Crippen LogP contribution in [-0.4, -0.2) is 19.5 Å². The highest BCUT2D eigenvalue weighted by molar-refractivity contribution is 4.59. The van der Waals surface area contributed by atoms with Crippen LogP contribution in [0.1, 0.15) is 53.4 Å². The lowest BCUT2D eigenvalue weighted by molar-refractivity contribution is -0.146. The molecule has 0 heterocycles. The molecule has 1 atom stereocenters. The van der Waals surface area contributed by atoms with Crippen molar-refractivity contribution in [3.63, 3.8) is 0 Å². The van der Waals surface area contributed by atoms with Crippen molar-refractivity contribution in [1.29, 1.82) is 0 Å². The van der Waals surface area contributed by atoms with Crippen molar-refractivity contribution in [1.82, 2.24) is 0 Å². The standard InChI is InChI=1S/C12H26O2/c1-5-9-11(6-2)10-12(13-7-3)14-8-4/h11-12H,5-10H2,1-4H3. The largest absolute Gasteiger partial charge is 0.353 e. The Balaban J connectivity index is 3.83. The Bertz CT molecular complexity index is 109. The van der Waals surface area contributed by atoms with Crippen molar-refractivity contribution < 1.29 is 9.47 Å². The molecule has 0 radical (unpaired) electrons. The van der Waals surface area contributed by atoms with E-state index in [1.54, 1.807) is 0 Å². The SMILES string of the molecule is CCCC(CC)CC(OCC)OCC. The minimum atomic E-state index is 0.0153. The van der Waals surface area contributed by atoms with Gasteiger partial charge in [-0.2, -0.15) is 0 Å². The molecule has 0 N–H and O–H groups in total. The maximum absolute atomic E-state index is 5.54. The summed E-state index contributed by atoms with van der Waals surface area (Å²) in [7, 11) is 0. The van der Waals surface area contributed by atoms with Crippen molar-refractivity contribution in [2.45, 2.75) is 59.7 Å². The lowest BCUT2D eigenvalue weighted by Gasteiger charge is -2.22. The van der Waals surface area contributed by atoms with Crippen molar-refractivity contribution in [2.24, 2.45) is 5.92 Å². The first-order valence-electron chi connectivity index (χ1n) is 6.01. The Kier molecular flexibility index (Phi) is 9.42. The average molecular weight is 202 g/mol. The summed E-state index contributed by atoms with van der Waals surface area (Å²) in [5.74, 6) is 0.753. The molecule has 0 saturated heterocycles. The Labute approximate surface area is 89.0 Å².